The third-order valence-corrected chi connectivity index (χ3v) is 6.62. The summed E-state index contributed by atoms with van der Waals surface area (Å²) in [4.78, 5) is 19.1. The number of benzene rings is 1. The molecule has 0 unspecified atom stereocenters. The second-order valence-electron chi connectivity index (χ2n) is 8.94. The molecule has 1 saturated carbocycles. The quantitative estimate of drug-likeness (QED) is 0.299. The molecule has 1 fully saturated rings. The molecule has 4 rings (SSSR count). The number of anilines is 1. The van der Waals surface area contributed by atoms with Crippen LogP contribution in [-0.4, -0.2) is 52.2 Å². The van der Waals surface area contributed by atoms with Crippen molar-refractivity contribution in [3.8, 4) is 11.3 Å². The van der Waals surface area contributed by atoms with Gasteiger partial charge >= 0.3 is 0 Å². The maximum atomic E-state index is 6.50. The lowest BCUT2D eigenvalue weighted by atomic mass is 9.90. The van der Waals surface area contributed by atoms with Gasteiger partial charge in [-0.25, -0.2) is 9.97 Å². The monoisotopic (exact) mass is 477 g/mol. The molecule has 2 atom stereocenters. The summed E-state index contributed by atoms with van der Waals surface area (Å²) in [6.45, 7) is 6.30. The van der Waals surface area contributed by atoms with E-state index >= 15 is 0 Å². The van der Waals surface area contributed by atoms with Gasteiger partial charge in [-0.3, -0.25) is 9.89 Å². The van der Waals surface area contributed by atoms with Crippen molar-refractivity contribution in [3.63, 3.8) is 0 Å². The maximum absolute atomic E-state index is 6.50. The summed E-state index contributed by atoms with van der Waals surface area (Å²) in [7, 11) is 2.14. The highest BCUT2D eigenvalue weighted by Crippen LogP contribution is 2.33. The Labute approximate surface area is 205 Å². The van der Waals surface area contributed by atoms with E-state index in [9.17, 15) is 0 Å². The summed E-state index contributed by atoms with van der Waals surface area (Å²) in [6.07, 6.45) is 11.8. The summed E-state index contributed by atoms with van der Waals surface area (Å²) in [5.41, 5.74) is 10.2. The zero-order valence-corrected chi connectivity index (χ0v) is 20.5. The summed E-state index contributed by atoms with van der Waals surface area (Å²) >= 11 is 6.50. The fourth-order valence-corrected chi connectivity index (χ4v) is 4.73. The fourth-order valence-electron chi connectivity index (χ4n) is 4.54. The van der Waals surface area contributed by atoms with Crippen molar-refractivity contribution < 1.29 is 0 Å². The predicted molar refractivity (Wildman–Crippen MR) is 142 cm³/mol. The first-order valence-electron chi connectivity index (χ1n) is 11.6. The lowest BCUT2D eigenvalue weighted by molar-refractivity contribution is 0.197. The number of halogens is 1. The van der Waals surface area contributed by atoms with Gasteiger partial charge in [0.15, 0.2) is 0 Å². The first kappa shape index (κ1) is 24.0. The highest BCUT2D eigenvalue weighted by Gasteiger charge is 2.26. The summed E-state index contributed by atoms with van der Waals surface area (Å²) < 4.78 is 0. The zero-order valence-electron chi connectivity index (χ0n) is 19.8. The number of hydrogen-bond acceptors (Lipinski definition) is 6. The van der Waals surface area contributed by atoms with E-state index < -0.39 is 0 Å². The van der Waals surface area contributed by atoms with Crippen LogP contribution in [0.5, 0.6) is 0 Å². The van der Waals surface area contributed by atoms with Crippen LogP contribution in [-0.2, 0) is 0 Å². The molecule has 0 radical (unpaired) electrons. The van der Waals surface area contributed by atoms with Gasteiger partial charge in [0.1, 0.15) is 0 Å². The van der Waals surface area contributed by atoms with Crippen molar-refractivity contribution in [1.29, 1.82) is 0 Å². The Morgan fingerprint density at radius 2 is 2.18 bits per heavy atom. The van der Waals surface area contributed by atoms with E-state index in [1.807, 2.05) is 43.5 Å². The minimum Gasteiger partial charge on any atom is -0.402 e. The molecular weight excluding hydrogens is 446 g/mol. The van der Waals surface area contributed by atoms with E-state index in [1.165, 1.54) is 0 Å². The number of para-hydroxylation sites is 1. The highest BCUT2D eigenvalue weighted by molar-refractivity contribution is 6.33. The molecule has 1 aromatic carbocycles. The summed E-state index contributed by atoms with van der Waals surface area (Å²) in [5, 5.41) is 5.18. The van der Waals surface area contributed by atoms with Crippen LogP contribution in [0.1, 0.15) is 32.6 Å². The molecule has 0 spiro atoms. The van der Waals surface area contributed by atoms with E-state index in [-0.39, 0.29) is 6.04 Å². The van der Waals surface area contributed by atoms with Crippen molar-refractivity contribution in [1.82, 2.24) is 19.9 Å². The lowest BCUT2D eigenvalue weighted by Crippen LogP contribution is -2.41. The Morgan fingerprint density at radius 1 is 1.35 bits per heavy atom. The Hall–Kier alpha value is -3.16. The Balaban J connectivity index is 1.46. The van der Waals surface area contributed by atoms with E-state index in [4.69, 9.17) is 22.3 Å². The van der Waals surface area contributed by atoms with Crippen LogP contribution in [0.15, 0.2) is 65.2 Å². The van der Waals surface area contributed by atoms with E-state index in [0.717, 1.165) is 65.8 Å². The number of likely N-dealkylation sites (N-methyl/N-ethyl adjacent to an activating group) is 1. The second kappa shape index (κ2) is 10.8. The second-order valence-corrected chi connectivity index (χ2v) is 9.35. The third kappa shape index (κ3) is 5.66. The first-order valence-corrected chi connectivity index (χ1v) is 12.0. The summed E-state index contributed by atoms with van der Waals surface area (Å²) in [6, 6.07) is 8.85. The molecule has 2 heterocycles. The Kier molecular flexibility index (Phi) is 7.65. The third-order valence-electron chi connectivity index (χ3n) is 6.34. The number of nitrogens with one attached hydrogen (secondary N) is 2. The van der Waals surface area contributed by atoms with Gasteiger partial charge in [0, 0.05) is 47.0 Å². The fraction of sp³-hybridized carbons (Fsp3) is 0.346. The zero-order chi connectivity index (χ0) is 24.1. The number of nitrogens with two attached hydrogens (primary N) is 1. The van der Waals surface area contributed by atoms with Gasteiger partial charge in [-0.15, -0.1) is 0 Å². The van der Waals surface area contributed by atoms with Gasteiger partial charge in [-0.1, -0.05) is 29.8 Å². The van der Waals surface area contributed by atoms with Crippen LogP contribution in [0.2, 0.25) is 5.02 Å². The molecular formula is C26H32ClN7. The number of hydrogen-bond donors (Lipinski definition) is 3. The molecule has 3 aromatic rings. The smallest absolute Gasteiger partial charge is 0.223 e. The van der Waals surface area contributed by atoms with E-state index in [2.05, 4.69) is 45.0 Å². The number of aromatic nitrogens is 3. The van der Waals surface area contributed by atoms with Gasteiger partial charge in [0.05, 0.1) is 22.6 Å². The molecule has 2 aromatic heterocycles. The number of rotatable bonds is 8. The van der Waals surface area contributed by atoms with Gasteiger partial charge in [-0.2, -0.15) is 0 Å². The van der Waals surface area contributed by atoms with E-state index in [1.54, 1.807) is 6.20 Å². The van der Waals surface area contributed by atoms with Crippen molar-refractivity contribution in [3.05, 3.63) is 65.2 Å². The van der Waals surface area contributed by atoms with Crippen LogP contribution in [0.25, 0.3) is 22.2 Å². The summed E-state index contributed by atoms with van der Waals surface area (Å²) in [5.74, 6) is 0.606. The van der Waals surface area contributed by atoms with Crippen LogP contribution in [0, 0.1) is 0 Å². The highest BCUT2D eigenvalue weighted by atomic mass is 35.5. The van der Waals surface area contributed by atoms with Gasteiger partial charge in [-0.05, 0) is 64.6 Å². The first-order chi connectivity index (χ1) is 16.4. The van der Waals surface area contributed by atoms with Crippen LogP contribution in [0.3, 0.4) is 0 Å². The largest absolute Gasteiger partial charge is 0.402 e. The normalized spacial score (nSPS) is 19.5. The van der Waals surface area contributed by atoms with Gasteiger partial charge in [0.25, 0.3) is 0 Å². The van der Waals surface area contributed by atoms with Crippen LogP contribution >= 0.6 is 11.6 Å². The number of aliphatic imine (C=N–C) groups is 1. The number of nitrogens with zero attached hydrogens (tertiary/aromatic N) is 4. The molecule has 7 nitrogen and oxygen atoms in total. The Morgan fingerprint density at radius 3 is 2.97 bits per heavy atom. The maximum Gasteiger partial charge on any atom is 0.223 e. The average molecular weight is 478 g/mol. The molecule has 1 aliphatic rings. The van der Waals surface area contributed by atoms with E-state index in [0.29, 0.717) is 17.0 Å². The van der Waals surface area contributed by atoms with Crippen molar-refractivity contribution in [2.75, 3.05) is 18.9 Å². The van der Waals surface area contributed by atoms with Crippen molar-refractivity contribution >= 4 is 35.2 Å². The molecule has 34 heavy (non-hydrogen) atoms. The van der Waals surface area contributed by atoms with Crippen LogP contribution < -0.4 is 11.1 Å². The SMILES string of the molecule is C=N/C(=C\C=C(/C)N)CN(C)[C@H]1CCC[C@@H](Nc2ncc(Cl)c(-c3c[nH]c4ccccc34)n2)C1. The van der Waals surface area contributed by atoms with Gasteiger partial charge in [0.2, 0.25) is 5.95 Å². The molecule has 0 aliphatic heterocycles. The molecule has 0 amide bonds. The standard InChI is InChI=1S/C26H32ClN7/c1-17(28)11-12-19(29-2)16-34(3)20-8-6-7-18(13-20)32-26-31-15-23(27)25(33-26)22-14-30-24-10-5-4-9-21(22)24/h4-5,9-12,14-15,18,20,30H,2,6-8,13,16,28H2,1,3H3,(H,31,32,33)/b17-11+,19-12-/t18-,20+/m1/s1. The molecule has 0 bridgehead atoms. The minimum absolute atomic E-state index is 0.286. The number of fused-ring (bicyclic) bond motifs is 1. The van der Waals surface area contributed by atoms with Crippen molar-refractivity contribution in [2.45, 2.75) is 44.7 Å². The average Bonchev–Trinajstić information content (AvgIpc) is 3.27. The topological polar surface area (TPSA) is 95.2 Å². The Bertz CT molecular complexity index is 1210. The number of allylic oxidation sites excluding steroid dienone is 3. The molecule has 1 aliphatic carbocycles. The number of aromatic amines is 1. The molecule has 0 saturated heterocycles. The molecule has 8 heteroatoms. The van der Waals surface area contributed by atoms with Crippen molar-refractivity contribution in [2.24, 2.45) is 10.7 Å². The molecule has 4 N–H and O–H groups in total. The molecule has 178 valence electrons. The van der Waals surface area contributed by atoms with Gasteiger partial charge < -0.3 is 16.0 Å². The van der Waals surface area contributed by atoms with Crippen LogP contribution in [0.4, 0.5) is 5.95 Å². The number of H-pyrrole nitrogens is 1. The predicted octanol–water partition coefficient (Wildman–Crippen LogP) is 5.38. The minimum atomic E-state index is 0.286. The lowest BCUT2D eigenvalue weighted by Gasteiger charge is -2.35.